The van der Waals surface area contributed by atoms with Crippen LogP contribution >= 0.6 is 0 Å². The van der Waals surface area contributed by atoms with E-state index in [0.29, 0.717) is 5.75 Å². The fourth-order valence-corrected chi connectivity index (χ4v) is 3.11. The van der Waals surface area contributed by atoms with Crippen LogP contribution in [0, 0.1) is 5.92 Å². The second-order valence-electron chi connectivity index (χ2n) is 7.68. The van der Waals surface area contributed by atoms with Crippen molar-refractivity contribution >= 4 is 5.97 Å². The van der Waals surface area contributed by atoms with E-state index in [1.807, 2.05) is 44.3 Å². The van der Waals surface area contributed by atoms with Crippen LogP contribution in [0.4, 0.5) is 0 Å². The molecule has 0 amide bonds. The third-order valence-electron chi connectivity index (χ3n) is 5.28. The fraction of sp³-hybridized carbons (Fsp3) is 0.520. The summed E-state index contributed by atoms with van der Waals surface area (Å²) in [4.78, 5) is 16.5. The fourth-order valence-electron chi connectivity index (χ4n) is 3.11. The standard InChI is InChI=1S/C25H35NO2/c1-4-6-7-8-9-10-11-12-21-13-18-24(26-19-21)22-14-16-23(17-15-22)28-25(27)20(3)5-2/h13-20H,4-12H2,1-3H3. The summed E-state index contributed by atoms with van der Waals surface area (Å²) >= 11 is 0. The van der Waals surface area contributed by atoms with E-state index in [1.54, 1.807) is 0 Å². The lowest BCUT2D eigenvalue weighted by atomic mass is 10.0. The summed E-state index contributed by atoms with van der Waals surface area (Å²) in [6.45, 7) is 6.13. The summed E-state index contributed by atoms with van der Waals surface area (Å²) in [5.74, 6) is 0.331. The number of hydrogen-bond donors (Lipinski definition) is 0. The van der Waals surface area contributed by atoms with Crippen molar-refractivity contribution in [1.29, 1.82) is 0 Å². The number of carbonyl (C=O) groups excluding carboxylic acids is 1. The van der Waals surface area contributed by atoms with Gasteiger partial charge in [0.05, 0.1) is 11.6 Å². The molecule has 0 N–H and O–H groups in total. The summed E-state index contributed by atoms with van der Waals surface area (Å²) in [7, 11) is 0. The first kappa shape index (κ1) is 22.1. The minimum Gasteiger partial charge on any atom is -0.426 e. The van der Waals surface area contributed by atoms with Crippen LogP contribution in [-0.4, -0.2) is 11.0 Å². The van der Waals surface area contributed by atoms with Gasteiger partial charge in [-0.25, -0.2) is 0 Å². The summed E-state index contributed by atoms with van der Waals surface area (Å²) in [5, 5.41) is 0. The van der Waals surface area contributed by atoms with Crippen molar-refractivity contribution in [1.82, 2.24) is 4.98 Å². The van der Waals surface area contributed by atoms with Crippen LogP contribution in [0.15, 0.2) is 42.6 Å². The maximum absolute atomic E-state index is 11.9. The molecule has 0 spiro atoms. The number of pyridine rings is 1. The zero-order chi connectivity index (χ0) is 20.2. The Morgan fingerprint density at radius 2 is 1.61 bits per heavy atom. The molecule has 1 aromatic carbocycles. The molecular weight excluding hydrogens is 346 g/mol. The molecule has 152 valence electrons. The highest BCUT2D eigenvalue weighted by Crippen LogP contribution is 2.22. The molecule has 0 saturated heterocycles. The van der Waals surface area contributed by atoms with Crippen LogP contribution in [0.3, 0.4) is 0 Å². The van der Waals surface area contributed by atoms with Gasteiger partial charge in [0.15, 0.2) is 0 Å². The van der Waals surface area contributed by atoms with Crippen molar-refractivity contribution in [2.24, 2.45) is 5.92 Å². The number of benzene rings is 1. The Morgan fingerprint density at radius 3 is 2.21 bits per heavy atom. The van der Waals surface area contributed by atoms with E-state index in [2.05, 4.69) is 24.0 Å². The Labute approximate surface area is 170 Å². The molecular formula is C25H35NO2. The number of aryl methyl sites for hydroxylation is 1. The topological polar surface area (TPSA) is 39.2 Å². The molecule has 0 aliphatic rings. The number of esters is 1. The lowest BCUT2D eigenvalue weighted by Crippen LogP contribution is -2.16. The van der Waals surface area contributed by atoms with E-state index < -0.39 is 0 Å². The number of hydrogen-bond acceptors (Lipinski definition) is 3. The lowest BCUT2D eigenvalue weighted by Gasteiger charge is -2.09. The summed E-state index contributed by atoms with van der Waals surface area (Å²) in [6, 6.07) is 11.8. The highest BCUT2D eigenvalue weighted by molar-refractivity contribution is 5.75. The third kappa shape index (κ3) is 7.46. The van der Waals surface area contributed by atoms with E-state index in [4.69, 9.17) is 4.74 Å². The second kappa shape index (κ2) is 12.3. The van der Waals surface area contributed by atoms with Gasteiger partial charge in [-0.1, -0.05) is 65.4 Å². The summed E-state index contributed by atoms with van der Waals surface area (Å²) in [6.07, 6.45) is 13.2. The normalized spacial score (nSPS) is 12.0. The van der Waals surface area contributed by atoms with Crippen LogP contribution in [0.5, 0.6) is 5.75 Å². The van der Waals surface area contributed by atoms with E-state index in [1.165, 1.54) is 50.5 Å². The van der Waals surface area contributed by atoms with Gasteiger partial charge in [0, 0.05) is 11.8 Å². The molecule has 0 bridgehead atoms. The summed E-state index contributed by atoms with van der Waals surface area (Å²) < 4.78 is 5.40. The van der Waals surface area contributed by atoms with E-state index >= 15 is 0 Å². The molecule has 0 radical (unpaired) electrons. The van der Waals surface area contributed by atoms with Crippen LogP contribution < -0.4 is 4.74 Å². The van der Waals surface area contributed by atoms with Gasteiger partial charge in [-0.05, 0) is 55.2 Å². The SMILES string of the molecule is CCCCCCCCCc1ccc(-c2ccc(OC(=O)C(C)CC)cc2)nc1. The molecule has 1 aromatic heterocycles. The van der Waals surface area contributed by atoms with Gasteiger partial charge in [-0.2, -0.15) is 0 Å². The molecule has 1 atom stereocenters. The van der Waals surface area contributed by atoms with Crippen LogP contribution in [0.2, 0.25) is 0 Å². The van der Waals surface area contributed by atoms with Gasteiger partial charge in [0.1, 0.15) is 5.75 Å². The Kier molecular flexibility index (Phi) is 9.74. The number of ether oxygens (including phenoxy) is 1. The molecule has 3 heteroatoms. The first-order chi connectivity index (χ1) is 13.6. The molecule has 2 aromatic rings. The van der Waals surface area contributed by atoms with Gasteiger partial charge in [-0.3, -0.25) is 9.78 Å². The van der Waals surface area contributed by atoms with Gasteiger partial charge >= 0.3 is 5.97 Å². The van der Waals surface area contributed by atoms with E-state index in [0.717, 1.165) is 24.1 Å². The van der Waals surface area contributed by atoms with E-state index in [9.17, 15) is 4.79 Å². The quantitative estimate of drug-likeness (QED) is 0.226. The highest BCUT2D eigenvalue weighted by Gasteiger charge is 2.13. The van der Waals surface area contributed by atoms with Gasteiger partial charge in [0.25, 0.3) is 0 Å². The average Bonchev–Trinajstić information content (AvgIpc) is 2.73. The summed E-state index contributed by atoms with van der Waals surface area (Å²) in [5.41, 5.74) is 3.28. The van der Waals surface area contributed by atoms with Crippen LogP contribution in [-0.2, 0) is 11.2 Å². The monoisotopic (exact) mass is 381 g/mol. The predicted molar refractivity (Wildman–Crippen MR) is 116 cm³/mol. The zero-order valence-electron chi connectivity index (χ0n) is 17.7. The largest absolute Gasteiger partial charge is 0.426 e. The van der Waals surface area contributed by atoms with Crippen molar-refractivity contribution in [3.05, 3.63) is 48.2 Å². The van der Waals surface area contributed by atoms with Crippen molar-refractivity contribution in [2.45, 2.75) is 78.6 Å². The Hall–Kier alpha value is -2.16. The third-order valence-corrected chi connectivity index (χ3v) is 5.28. The Bertz CT molecular complexity index is 691. The number of unbranched alkanes of at least 4 members (excludes halogenated alkanes) is 6. The number of carbonyl (C=O) groups is 1. The number of nitrogens with zero attached hydrogens (tertiary/aromatic N) is 1. The maximum Gasteiger partial charge on any atom is 0.314 e. The van der Waals surface area contributed by atoms with Gasteiger partial charge in [-0.15, -0.1) is 0 Å². The molecule has 0 saturated carbocycles. The highest BCUT2D eigenvalue weighted by atomic mass is 16.5. The van der Waals surface area contributed by atoms with Crippen LogP contribution in [0.1, 0.15) is 77.7 Å². The van der Waals surface area contributed by atoms with Gasteiger partial charge < -0.3 is 4.74 Å². The van der Waals surface area contributed by atoms with Crippen molar-refractivity contribution in [3.8, 4) is 17.0 Å². The molecule has 0 aliphatic carbocycles. The molecule has 3 nitrogen and oxygen atoms in total. The molecule has 1 unspecified atom stereocenters. The smallest absolute Gasteiger partial charge is 0.314 e. The first-order valence-corrected chi connectivity index (χ1v) is 10.9. The maximum atomic E-state index is 11.9. The molecule has 2 rings (SSSR count). The Balaban J connectivity index is 1.80. The number of rotatable bonds is 12. The molecule has 1 heterocycles. The van der Waals surface area contributed by atoms with Crippen molar-refractivity contribution < 1.29 is 9.53 Å². The lowest BCUT2D eigenvalue weighted by molar-refractivity contribution is -0.138. The van der Waals surface area contributed by atoms with Crippen molar-refractivity contribution in [2.75, 3.05) is 0 Å². The minimum atomic E-state index is -0.178. The second-order valence-corrected chi connectivity index (χ2v) is 7.68. The van der Waals surface area contributed by atoms with Gasteiger partial charge in [0.2, 0.25) is 0 Å². The Morgan fingerprint density at radius 1 is 0.929 bits per heavy atom. The average molecular weight is 382 g/mol. The van der Waals surface area contributed by atoms with Crippen LogP contribution in [0.25, 0.3) is 11.3 Å². The molecule has 0 aliphatic heterocycles. The predicted octanol–water partition coefficient (Wildman–Crippen LogP) is 6.99. The first-order valence-electron chi connectivity index (χ1n) is 10.9. The minimum absolute atomic E-state index is 0.0785. The molecule has 28 heavy (non-hydrogen) atoms. The zero-order valence-corrected chi connectivity index (χ0v) is 17.7. The number of aromatic nitrogens is 1. The van der Waals surface area contributed by atoms with Crippen molar-refractivity contribution in [3.63, 3.8) is 0 Å². The molecule has 0 fully saturated rings. The van der Waals surface area contributed by atoms with E-state index in [-0.39, 0.29) is 11.9 Å².